The fourth-order valence-corrected chi connectivity index (χ4v) is 1.78. The van der Waals surface area contributed by atoms with Crippen LogP contribution in [0.3, 0.4) is 0 Å². The second-order valence-electron chi connectivity index (χ2n) is 4.49. The Morgan fingerprint density at radius 2 is 1.91 bits per heavy atom. The molecule has 22 heavy (non-hydrogen) atoms. The summed E-state index contributed by atoms with van der Waals surface area (Å²) >= 11 is 0. The predicted octanol–water partition coefficient (Wildman–Crippen LogP) is 1.51. The minimum absolute atomic E-state index is 0.0544. The van der Waals surface area contributed by atoms with E-state index < -0.39 is 17.8 Å². The molecule has 0 amide bonds. The second kappa shape index (κ2) is 5.96. The third-order valence-corrected chi connectivity index (χ3v) is 2.90. The number of rotatable bonds is 4. The van der Waals surface area contributed by atoms with Crippen molar-refractivity contribution in [1.29, 1.82) is 0 Å². The van der Waals surface area contributed by atoms with Crippen LogP contribution in [-0.2, 0) is 17.5 Å². The topological polar surface area (TPSA) is 93.0 Å². The highest BCUT2D eigenvalue weighted by Crippen LogP contribution is 2.31. The maximum atomic E-state index is 12.7. The van der Waals surface area contributed by atoms with Gasteiger partial charge in [0.2, 0.25) is 0 Å². The van der Waals surface area contributed by atoms with Crippen molar-refractivity contribution in [3.05, 3.63) is 36.3 Å². The highest BCUT2D eigenvalue weighted by Gasteiger charge is 2.34. The standard InChI is InChI=1S/C13H11F3N4O2/c14-13(15,16)10-7-9(12(17)19-18-10)8-1-4-20(5-2-8)6-3-11(21)22/h1-2,4-5,7,17H,3,6H2,(H,21,22)/p+1. The van der Waals surface area contributed by atoms with Gasteiger partial charge in [0.25, 0.3) is 0 Å². The summed E-state index contributed by atoms with van der Waals surface area (Å²) in [6, 6.07) is 3.91. The highest BCUT2D eigenvalue weighted by molar-refractivity contribution is 5.73. The van der Waals surface area contributed by atoms with E-state index in [-0.39, 0.29) is 24.3 Å². The Labute approximate surface area is 123 Å². The molecule has 0 saturated carbocycles. The lowest BCUT2D eigenvalue weighted by molar-refractivity contribution is -0.695. The summed E-state index contributed by atoms with van der Waals surface area (Å²) in [7, 11) is 0. The minimum atomic E-state index is -4.61. The van der Waals surface area contributed by atoms with Crippen LogP contribution in [0, 0.1) is 0 Å². The maximum Gasteiger partial charge on any atom is 0.435 e. The average Bonchev–Trinajstić information content (AvgIpc) is 2.45. The lowest BCUT2D eigenvalue weighted by atomic mass is 10.1. The zero-order chi connectivity index (χ0) is 16.3. The van der Waals surface area contributed by atoms with E-state index in [4.69, 9.17) is 10.8 Å². The number of aromatic nitrogens is 3. The lowest BCUT2D eigenvalue weighted by Gasteiger charge is -2.08. The number of hydrogen-bond acceptors (Lipinski definition) is 4. The van der Waals surface area contributed by atoms with Gasteiger partial charge in [0.05, 0.1) is 0 Å². The van der Waals surface area contributed by atoms with E-state index >= 15 is 0 Å². The molecule has 0 aromatic carbocycles. The van der Waals surface area contributed by atoms with Crippen LogP contribution in [-0.4, -0.2) is 21.3 Å². The zero-order valence-electron chi connectivity index (χ0n) is 11.2. The molecule has 9 heteroatoms. The van der Waals surface area contributed by atoms with Crippen molar-refractivity contribution in [3.8, 4) is 11.1 Å². The monoisotopic (exact) mass is 313 g/mol. The Morgan fingerprint density at radius 1 is 1.27 bits per heavy atom. The number of nitrogens with two attached hydrogens (primary N) is 1. The van der Waals surface area contributed by atoms with Crippen molar-refractivity contribution in [3.63, 3.8) is 0 Å². The quantitative estimate of drug-likeness (QED) is 0.835. The third-order valence-electron chi connectivity index (χ3n) is 2.90. The Hall–Kier alpha value is -2.71. The number of carbonyl (C=O) groups is 1. The largest absolute Gasteiger partial charge is 0.481 e. The van der Waals surface area contributed by atoms with Crippen LogP contribution < -0.4 is 10.3 Å². The molecule has 0 atom stereocenters. The summed E-state index contributed by atoms with van der Waals surface area (Å²) < 4.78 is 39.6. The van der Waals surface area contributed by atoms with Crippen LogP contribution in [0.15, 0.2) is 30.6 Å². The first-order chi connectivity index (χ1) is 10.3. The molecule has 0 radical (unpaired) electrons. The van der Waals surface area contributed by atoms with E-state index in [1.54, 1.807) is 17.0 Å². The third kappa shape index (κ3) is 3.68. The molecule has 0 spiro atoms. The summed E-state index contributed by atoms with van der Waals surface area (Å²) in [4.78, 5) is 10.5. The van der Waals surface area contributed by atoms with E-state index in [0.29, 0.717) is 5.56 Å². The fourth-order valence-electron chi connectivity index (χ4n) is 1.78. The first-order valence-corrected chi connectivity index (χ1v) is 6.19. The van der Waals surface area contributed by atoms with Gasteiger partial charge in [-0.3, -0.25) is 4.79 Å². The molecule has 3 N–H and O–H groups in total. The molecule has 0 fully saturated rings. The van der Waals surface area contributed by atoms with Gasteiger partial charge in [0.15, 0.2) is 30.5 Å². The first kappa shape index (κ1) is 15.7. The average molecular weight is 313 g/mol. The molecule has 0 aliphatic rings. The second-order valence-corrected chi connectivity index (χ2v) is 4.49. The number of pyridine rings is 1. The molecule has 0 saturated heterocycles. The van der Waals surface area contributed by atoms with E-state index in [1.807, 2.05) is 0 Å². The van der Waals surface area contributed by atoms with E-state index in [0.717, 1.165) is 6.07 Å². The Kier molecular flexibility index (Phi) is 4.25. The van der Waals surface area contributed by atoms with Crippen LogP contribution in [0.4, 0.5) is 19.0 Å². The van der Waals surface area contributed by atoms with E-state index in [2.05, 4.69) is 10.2 Å². The zero-order valence-corrected chi connectivity index (χ0v) is 11.2. The van der Waals surface area contributed by atoms with Gasteiger partial charge in [-0.15, -0.1) is 10.2 Å². The number of hydrogen-bond donors (Lipinski definition) is 2. The SMILES string of the molecule is Nc1nnc(C(F)(F)F)cc1-c1cc[n+](CCC(=O)O)cc1. The summed E-state index contributed by atoms with van der Waals surface area (Å²) in [5.74, 6) is -1.05. The van der Waals surface area contributed by atoms with Crippen molar-refractivity contribution in [2.45, 2.75) is 19.1 Å². The first-order valence-electron chi connectivity index (χ1n) is 6.19. The smallest absolute Gasteiger partial charge is 0.435 e. The van der Waals surface area contributed by atoms with Crippen molar-refractivity contribution in [2.24, 2.45) is 0 Å². The Morgan fingerprint density at radius 3 is 2.45 bits per heavy atom. The maximum absolute atomic E-state index is 12.7. The number of anilines is 1. The van der Waals surface area contributed by atoms with Crippen LogP contribution in [0.1, 0.15) is 12.1 Å². The number of aliphatic carboxylic acids is 1. The molecule has 2 rings (SSSR count). The predicted molar refractivity (Wildman–Crippen MR) is 69.3 cm³/mol. The molecular formula is C13H12F3N4O2+. The number of carboxylic acids is 1. The molecule has 0 aliphatic carbocycles. The van der Waals surface area contributed by atoms with Crippen molar-refractivity contribution in [2.75, 3.05) is 5.73 Å². The van der Waals surface area contributed by atoms with Crippen molar-refractivity contribution >= 4 is 11.8 Å². The van der Waals surface area contributed by atoms with E-state index in [1.165, 1.54) is 12.1 Å². The molecule has 2 aromatic heterocycles. The Balaban J connectivity index is 2.30. The van der Waals surface area contributed by atoms with Gasteiger partial charge in [-0.25, -0.2) is 4.57 Å². The van der Waals surface area contributed by atoms with Crippen LogP contribution in [0.25, 0.3) is 11.1 Å². The molecular weight excluding hydrogens is 301 g/mol. The molecule has 6 nitrogen and oxygen atoms in total. The number of aryl methyl sites for hydroxylation is 1. The highest BCUT2D eigenvalue weighted by atomic mass is 19.4. The normalized spacial score (nSPS) is 11.4. The van der Waals surface area contributed by atoms with Crippen molar-refractivity contribution < 1.29 is 27.6 Å². The number of nitrogen functional groups attached to an aromatic ring is 1. The summed E-state index contributed by atoms with van der Waals surface area (Å²) in [6.07, 6.45) is -1.54. The van der Waals surface area contributed by atoms with Crippen LogP contribution >= 0.6 is 0 Å². The van der Waals surface area contributed by atoms with Gasteiger partial charge in [-0.1, -0.05) is 0 Å². The van der Waals surface area contributed by atoms with Gasteiger partial charge in [0, 0.05) is 17.7 Å². The number of alkyl halides is 3. The Bertz CT molecular complexity index is 687. The van der Waals surface area contributed by atoms with Gasteiger partial charge in [-0.05, 0) is 11.6 Å². The van der Waals surface area contributed by atoms with Gasteiger partial charge >= 0.3 is 12.1 Å². The fraction of sp³-hybridized carbons (Fsp3) is 0.231. The van der Waals surface area contributed by atoms with Crippen LogP contribution in [0.2, 0.25) is 0 Å². The van der Waals surface area contributed by atoms with Gasteiger partial charge in [-0.2, -0.15) is 13.2 Å². The molecule has 2 heterocycles. The number of nitrogens with zero attached hydrogens (tertiary/aromatic N) is 3. The van der Waals surface area contributed by atoms with E-state index in [9.17, 15) is 18.0 Å². The summed E-state index contributed by atoms with van der Waals surface area (Å²) in [5, 5.41) is 15.0. The molecule has 0 unspecified atom stereocenters. The molecule has 116 valence electrons. The molecule has 0 bridgehead atoms. The molecule has 2 aromatic rings. The number of halogens is 3. The number of carboxylic acid groups (broad SMARTS) is 1. The van der Waals surface area contributed by atoms with Crippen LogP contribution in [0.5, 0.6) is 0 Å². The van der Waals surface area contributed by atoms with Crippen molar-refractivity contribution in [1.82, 2.24) is 10.2 Å². The van der Waals surface area contributed by atoms with Gasteiger partial charge in [0.1, 0.15) is 6.42 Å². The van der Waals surface area contributed by atoms with Gasteiger partial charge < -0.3 is 10.8 Å². The minimum Gasteiger partial charge on any atom is -0.481 e. The molecule has 0 aliphatic heterocycles. The summed E-state index contributed by atoms with van der Waals surface area (Å²) in [5.41, 5.74) is 5.00. The lowest BCUT2D eigenvalue weighted by Crippen LogP contribution is -2.33. The summed E-state index contributed by atoms with van der Waals surface area (Å²) in [6.45, 7) is 0.257.